The second-order valence-corrected chi connectivity index (χ2v) is 3.30. The van der Waals surface area contributed by atoms with E-state index in [9.17, 15) is 9.59 Å². The van der Waals surface area contributed by atoms with E-state index in [4.69, 9.17) is 0 Å². The van der Waals surface area contributed by atoms with Crippen LogP contribution in [0.15, 0.2) is 5.51 Å². The van der Waals surface area contributed by atoms with Crippen LogP contribution in [0.1, 0.15) is 21.8 Å². The van der Waals surface area contributed by atoms with Crippen molar-refractivity contribution in [2.24, 2.45) is 0 Å². The van der Waals surface area contributed by atoms with Crippen LogP contribution in [0.25, 0.3) is 0 Å². The topological polar surface area (TPSA) is 56.3 Å². The molecule has 0 aliphatic heterocycles. The molecule has 0 aliphatic carbocycles. The first kappa shape index (κ1) is 9.85. The number of aromatic nitrogens is 1. The molecule has 0 atom stereocenters. The SMILES string of the molecule is COC(=O)CC(=O)c1scnc1C. The molecule has 0 bridgehead atoms. The number of methoxy groups -OCH3 is 1. The Morgan fingerprint density at radius 1 is 1.62 bits per heavy atom. The van der Waals surface area contributed by atoms with Crippen LogP contribution in [0.4, 0.5) is 0 Å². The van der Waals surface area contributed by atoms with Crippen molar-refractivity contribution in [1.82, 2.24) is 4.98 Å². The Morgan fingerprint density at radius 2 is 2.31 bits per heavy atom. The van der Waals surface area contributed by atoms with Crippen LogP contribution in [0.5, 0.6) is 0 Å². The predicted molar refractivity (Wildman–Crippen MR) is 47.8 cm³/mol. The number of hydrogen-bond acceptors (Lipinski definition) is 5. The van der Waals surface area contributed by atoms with E-state index >= 15 is 0 Å². The number of Topliss-reactive ketones (excluding diaryl/α,β-unsaturated/α-hetero) is 1. The van der Waals surface area contributed by atoms with Gasteiger partial charge in [0.1, 0.15) is 6.42 Å². The van der Waals surface area contributed by atoms with Crippen LogP contribution in [0.2, 0.25) is 0 Å². The van der Waals surface area contributed by atoms with Crippen molar-refractivity contribution in [2.75, 3.05) is 7.11 Å². The fourth-order valence-corrected chi connectivity index (χ4v) is 1.60. The molecule has 1 rings (SSSR count). The Kier molecular flexibility index (Phi) is 3.13. The average Bonchev–Trinajstić information content (AvgIpc) is 2.51. The Labute approximate surface area is 79.6 Å². The lowest BCUT2D eigenvalue weighted by Gasteiger charge is -1.96. The van der Waals surface area contributed by atoms with E-state index in [0.29, 0.717) is 10.6 Å². The van der Waals surface area contributed by atoms with Gasteiger partial charge in [-0.05, 0) is 6.92 Å². The molecule has 0 spiro atoms. The molecule has 4 nitrogen and oxygen atoms in total. The third-order valence-corrected chi connectivity index (χ3v) is 2.50. The second kappa shape index (κ2) is 4.13. The summed E-state index contributed by atoms with van der Waals surface area (Å²) < 4.78 is 4.38. The maximum atomic E-state index is 11.4. The number of rotatable bonds is 3. The third kappa shape index (κ3) is 2.35. The summed E-state index contributed by atoms with van der Waals surface area (Å²) in [6.45, 7) is 1.74. The van der Waals surface area contributed by atoms with E-state index in [2.05, 4.69) is 9.72 Å². The lowest BCUT2D eigenvalue weighted by molar-refractivity contribution is -0.139. The monoisotopic (exact) mass is 199 g/mol. The molecule has 0 saturated heterocycles. The molecule has 5 heteroatoms. The molecule has 0 aliphatic rings. The van der Waals surface area contributed by atoms with Crippen molar-refractivity contribution in [3.8, 4) is 0 Å². The molecule has 0 N–H and O–H groups in total. The maximum Gasteiger partial charge on any atom is 0.313 e. The smallest absolute Gasteiger partial charge is 0.313 e. The Morgan fingerprint density at radius 3 is 2.77 bits per heavy atom. The zero-order valence-corrected chi connectivity index (χ0v) is 8.18. The highest BCUT2D eigenvalue weighted by molar-refractivity contribution is 7.12. The van der Waals surface area contributed by atoms with Gasteiger partial charge in [-0.15, -0.1) is 11.3 Å². The number of thiazole rings is 1. The molecule has 0 saturated carbocycles. The second-order valence-electron chi connectivity index (χ2n) is 2.44. The largest absolute Gasteiger partial charge is 0.469 e. The van der Waals surface area contributed by atoms with E-state index < -0.39 is 5.97 Å². The van der Waals surface area contributed by atoms with Crippen molar-refractivity contribution < 1.29 is 14.3 Å². The molecule has 70 valence electrons. The normalized spacial score (nSPS) is 9.69. The molecule has 0 amide bonds. The standard InChI is InChI=1S/C8H9NO3S/c1-5-8(13-4-9-5)6(10)3-7(11)12-2/h4H,3H2,1-2H3. The Hall–Kier alpha value is -1.23. The molecule has 0 fully saturated rings. The summed E-state index contributed by atoms with van der Waals surface area (Å²) in [4.78, 5) is 26.6. The predicted octanol–water partition coefficient (Wildman–Crippen LogP) is 1.20. The van der Waals surface area contributed by atoms with E-state index in [1.807, 2.05) is 0 Å². The maximum absolute atomic E-state index is 11.4. The molecular formula is C8H9NO3S. The van der Waals surface area contributed by atoms with Crippen LogP contribution in [0, 0.1) is 6.92 Å². The summed E-state index contributed by atoms with van der Waals surface area (Å²) in [5.74, 6) is -0.746. The van der Waals surface area contributed by atoms with E-state index in [-0.39, 0.29) is 12.2 Å². The zero-order chi connectivity index (χ0) is 9.84. The number of nitrogens with zero attached hydrogens (tertiary/aromatic N) is 1. The number of hydrogen-bond donors (Lipinski definition) is 0. The van der Waals surface area contributed by atoms with Crippen molar-refractivity contribution in [1.29, 1.82) is 0 Å². The lowest BCUT2D eigenvalue weighted by Crippen LogP contribution is -2.09. The fourth-order valence-electron chi connectivity index (χ4n) is 0.853. The van der Waals surface area contributed by atoms with Gasteiger partial charge in [0.25, 0.3) is 0 Å². The van der Waals surface area contributed by atoms with Gasteiger partial charge in [0, 0.05) is 0 Å². The number of carbonyl (C=O) groups excluding carboxylic acids is 2. The van der Waals surface area contributed by atoms with Gasteiger partial charge in [-0.2, -0.15) is 0 Å². The third-order valence-electron chi connectivity index (χ3n) is 1.53. The minimum absolute atomic E-state index is 0.209. The van der Waals surface area contributed by atoms with Crippen molar-refractivity contribution in [3.05, 3.63) is 16.1 Å². The number of ketones is 1. The zero-order valence-electron chi connectivity index (χ0n) is 7.36. The number of esters is 1. The highest BCUT2D eigenvalue weighted by Gasteiger charge is 2.15. The molecule has 1 aromatic heterocycles. The van der Waals surface area contributed by atoms with Gasteiger partial charge >= 0.3 is 5.97 Å². The average molecular weight is 199 g/mol. The van der Waals surface area contributed by atoms with E-state index in [0.717, 1.165) is 0 Å². The van der Waals surface area contributed by atoms with Crippen LogP contribution in [-0.2, 0) is 9.53 Å². The fraction of sp³-hybridized carbons (Fsp3) is 0.375. The molecule has 13 heavy (non-hydrogen) atoms. The van der Waals surface area contributed by atoms with Gasteiger partial charge in [-0.3, -0.25) is 9.59 Å². The van der Waals surface area contributed by atoms with Crippen LogP contribution in [0.3, 0.4) is 0 Å². The molecular weight excluding hydrogens is 190 g/mol. The van der Waals surface area contributed by atoms with Crippen LogP contribution >= 0.6 is 11.3 Å². The van der Waals surface area contributed by atoms with E-state index in [1.165, 1.54) is 18.4 Å². The highest BCUT2D eigenvalue weighted by Crippen LogP contribution is 2.14. The molecule has 1 aromatic rings. The summed E-state index contributed by atoms with van der Waals surface area (Å²) in [7, 11) is 1.26. The summed E-state index contributed by atoms with van der Waals surface area (Å²) in [5, 5.41) is 0. The molecule has 0 aromatic carbocycles. The van der Waals surface area contributed by atoms with Gasteiger partial charge in [0.2, 0.25) is 0 Å². The number of carbonyl (C=O) groups is 2. The van der Waals surface area contributed by atoms with Crippen molar-refractivity contribution in [2.45, 2.75) is 13.3 Å². The van der Waals surface area contributed by atoms with E-state index in [1.54, 1.807) is 12.4 Å². The highest BCUT2D eigenvalue weighted by atomic mass is 32.1. The van der Waals surface area contributed by atoms with Crippen molar-refractivity contribution >= 4 is 23.1 Å². The Balaban J connectivity index is 2.69. The molecule has 0 radical (unpaired) electrons. The van der Waals surface area contributed by atoms with Crippen LogP contribution in [-0.4, -0.2) is 23.8 Å². The molecule has 1 heterocycles. The summed E-state index contributed by atoms with van der Waals surface area (Å²) in [5.41, 5.74) is 2.25. The lowest BCUT2D eigenvalue weighted by atomic mass is 10.2. The van der Waals surface area contributed by atoms with Crippen LogP contribution < -0.4 is 0 Å². The summed E-state index contributed by atoms with van der Waals surface area (Å²) >= 11 is 1.24. The first-order valence-electron chi connectivity index (χ1n) is 3.65. The Bertz CT molecular complexity index is 332. The van der Waals surface area contributed by atoms with Gasteiger partial charge < -0.3 is 4.74 Å². The minimum atomic E-state index is -0.516. The number of ether oxygens (including phenoxy) is 1. The first-order chi connectivity index (χ1) is 6.15. The summed E-state index contributed by atoms with van der Waals surface area (Å²) in [6.07, 6.45) is -0.209. The number of aryl methyl sites for hydroxylation is 1. The van der Waals surface area contributed by atoms with Gasteiger partial charge in [0.05, 0.1) is 23.2 Å². The molecule has 0 unspecified atom stereocenters. The van der Waals surface area contributed by atoms with Gasteiger partial charge in [-0.1, -0.05) is 0 Å². The minimum Gasteiger partial charge on any atom is -0.469 e. The van der Waals surface area contributed by atoms with Crippen molar-refractivity contribution in [3.63, 3.8) is 0 Å². The first-order valence-corrected chi connectivity index (χ1v) is 4.53. The summed E-state index contributed by atoms with van der Waals surface area (Å²) in [6, 6.07) is 0. The quantitative estimate of drug-likeness (QED) is 0.417. The van der Waals surface area contributed by atoms with Gasteiger partial charge in [-0.25, -0.2) is 4.98 Å². The van der Waals surface area contributed by atoms with Gasteiger partial charge in [0.15, 0.2) is 5.78 Å².